The van der Waals surface area contributed by atoms with E-state index >= 15 is 0 Å². The lowest BCUT2D eigenvalue weighted by Gasteiger charge is -2.05. The molecule has 0 fully saturated rings. The minimum Gasteiger partial charge on any atom is -0.392 e. The molecule has 3 N–H and O–H groups in total. The molecular weight excluding hydrogens is 150 g/mol. The highest BCUT2D eigenvalue weighted by molar-refractivity contribution is 5.37. The van der Waals surface area contributed by atoms with E-state index in [0.29, 0.717) is 0 Å². The van der Waals surface area contributed by atoms with E-state index in [1.807, 2.05) is 12.1 Å². The van der Waals surface area contributed by atoms with Gasteiger partial charge in [-0.25, -0.2) is 0 Å². The lowest BCUT2D eigenvalue weighted by molar-refractivity contribution is 0.281. The van der Waals surface area contributed by atoms with Gasteiger partial charge in [0.2, 0.25) is 0 Å². The highest BCUT2D eigenvalue weighted by atomic mass is 16.3. The van der Waals surface area contributed by atoms with Crippen molar-refractivity contribution >= 4 is 0 Å². The summed E-state index contributed by atoms with van der Waals surface area (Å²) in [4.78, 5) is 0. The van der Waals surface area contributed by atoms with E-state index in [4.69, 9.17) is 10.8 Å². The summed E-state index contributed by atoms with van der Waals surface area (Å²) in [5.74, 6) is 0. The van der Waals surface area contributed by atoms with Crippen molar-refractivity contribution in [2.75, 3.05) is 0 Å². The van der Waals surface area contributed by atoms with Gasteiger partial charge in [-0.05, 0) is 29.5 Å². The highest BCUT2D eigenvalue weighted by Gasteiger charge is 2.18. The van der Waals surface area contributed by atoms with E-state index in [1.165, 1.54) is 11.1 Å². The van der Waals surface area contributed by atoms with E-state index < -0.39 is 0 Å². The second-order valence-electron chi connectivity index (χ2n) is 3.34. The summed E-state index contributed by atoms with van der Waals surface area (Å²) >= 11 is 0. The fourth-order valence-corrected chi connectivity index (χ4v) is 1.78. The largest absolute Gasteiger partial charge is 0.392 e. The predicted octanol–water partition coefficient (Wildman–Crippen LogP) is 1.12. The molecule has 1 atom stereocenters. The topological polar surface area (TPSA) is 46.2 Å². The number of aliphatic hydroxyl groups excluding tert-OH is 1. The first-order valence-electron chi connectivity index (χ1n) is 4.29. The number of hydrogen-bond donors (Lipinski definition) is 2. The zero-order valence-electron chi connectivity index (χ0n) is 6.96. The minimum atomic E-state index is 0.111. The summed E-state index contributed by atoms with van der Waals surface area (Å²) in [7, 11) is 0. The summed E-state index contributed by atoms with van der Waals surface area (Å²) in [6, 6.07) is 6.25. The molecule has 0 amide bonds. The fraction of sp³-hybridized carbons (Fsp3) is 0.400. The lowest BCUT2D eigenvalue weighted by atomic mass is 10.1. The minimum absolute atomic E-state index is 0.111. The molecule has 0 saturated carbocycles. The van der Waals surface area contributed by atoms with Crippen molar-refractivity contribution in [2.24, 2.45) is 5.73 Å². The molecule has 1 aliphatic rings. The zero-order chi connectivity index (χ0) is 8.55. The summed E-state index contributed by atoms with van der Waals surface area (Å²) in [5.41, 5.74) is 9.42. The normalized spacial score (nSPS) is 21.0. The molecule has 1 aromatic rings. The number of aliphatic hydroxyl groups is 1. The number of benzene rings is 1. The van der Waals surface area contributed by atoms with Crippen molar-refractivity contribution in [3.8, 4) is 0 Å². The Balaban J connectivity index is 2.43. The Kier molecular flexibility index (Phi) is 1.87. The number of hydrogen-bond acceptors (Lipinski definition) is 2. The van der Waals surface area contributed by atoms with Crippen LogP contribution in [0.25, 0.3) is 0 Å². The molecule has 0 heterocycles. The summed E-state index contributed by atoms with van der Waals surface area (Å²) in [5, 5.41) is 8.91. The third-order valence-electron chi connectivity index (χ3n) is 2.52. The molecule has 0 saturated heterocycles. The number of rotatable bonds is 1. The van der Waals surface area contributed by atoms with Crippen LogP contribution in [0.3, 0.4) is 0 Å². The summed E-state index contributed by atoms with van der Waals surface area (Å²) < 4.78 is 0. The standard InChI is InChI=1S/C10H13NO/c11-10-4-3-8-2-1-7(6-12)5-9(8)10/h1-2,5,10,12H,3-4,6,11H2/t10-/m0/s1. The first kappa shape index (κ1) is 7.77. The average Bonchev–Trinajstić information content (AvgIpc) is 2.47. The second-order valence-corrected chi connectivity index (χ2v) is 3.34. The van der Waals surface area contributed by atoms with Crippen LogP contribution in [0.2, 0.25) is 0 Å². The van der Waals surface area contributed by atoms with Crippen molar-refractivity contribution in [1.29, 1.82) is 0 Å². The lowest BCUT2D eigenvalue weighted by Crippen LogP contribution is -2.05. The molecule has 0 aliphatic heterocycles. The van der Waals surface area contributed by atoms with E-state index in [9.17, 15) is 0 Å². The Bertz CT molecular complexity index is 296. The number of aryl methyl sites for hydroxylation is 1. The maximum Gasteiger partial charge on any atom is 0.0681 e. The summed E-state index contributed by atoms with van der Waals surface area (Å²) in [6.45, 7) is 0.111. The Morgan fingerprint density at radius 2 is 2.33 bits per heavy atom. The number of fused-ring (bicyclic) bond motifs is 1. The third kappa shape index (κ3) is 1.13. The first-order valence-corrected chi connectivity index (χ1v) is 4.29. The Morgan fingerprint density at radius 3 is 3.08 bits per heavy atom. The monoisotopic (exact) mass is 163 g/mol. The molecule has 2 heteroatoms. The Morgan fingerprint density at radius 1 is 1.50 bits per heavy atom. The van der Waals surface area contributed by atoms with Gasteiger partial charge in [0.05, 0.1) is 6.61 Å². The van der Waals surface area contributed by atoms with Gasteiger partial charge in [-0.15, -0.1) is 0 Å². The predicted molar refractivity (Wildman–Crippen MR) is 47.6 cm³/mol. The van der Waals surface area contributed by atoms with Gasteiger partial charge < -0.3 is 10.8 Å². The molecule has 0 bridgehead atoms. The van der Waals surface area contributed by atoms with Gasteiger partial charge in [0.15, 0.2) is 0 Å². The van der Waals surface area contributed by atoms with Gasteiger partial charge in [-0.1, -0.05) is 18.2 Å². The van der Waals surface area contributed by atoms with Crippen LogP contribution >= 0.6 is 0 Å². The third-order valence-corrected chi connectivity index (χ3v) is 2.52. The molecular formula is C10H13NO. The van der Waals surface area contributed by atoms with E-state index in [-0.39, 0.29) is 12.6 Å². The van der Waals surface area contributed by atoms with Crippen molar-refractivity contribution in [1.82, 2.24) is 0 Å². The smallest absolute Gasteiger partial charge is 0.0681 e. The van der Waals surface area contributed by atoms with Gasteiger partial charge >= 0.3 is 0 Å². The fourth-order valence-electron chi connectivity index (χ4n) is 1.78. The SMILES string of the molecule is N[C@H]1CCc2ccc(CO)cc21. The van der Waals surface area contributed by atoms with Gasteiger partial charge in [0.1, 0.15) is 0 Å². The van der Waals surface area contributed by atoms with Crippen molar-refractivity contribution in [2.45, 2.75) is 25.5 Å². The second kappa shape index (κ2) is 2.88. The van der Waals surface area contributed by atoms with Crippen LogP contribution in [0.5, 0.6) is 0 Å². The van der Waals surface area contributed by atoms with Crippen molar-refractivity contribution < 1.29 is 5.11 Å². The maximum absolute atomic E-state index is 8.91. The van der Waals surface area contributed by atoms with Gasteiger partial charge in [0.25, 0.3) is 0 Å². The molecule has 12 heavy (non-hydrogen) atoms. The molecule has 64 valence electrons. The average molecular weight is 163 g/mol. The molecule has 2 nitrogen and oxygen atoms in total. The van der Waals surface area contributed by atoms with Gasteiger partial charge in [-0.2, -0.15) is 0 Å². The quantitative estimate of drug-likeness (QED) is 0.651. The van der Waals surface area contributed by atoms with Gasteiger partial charge in [0, 0.05) is 6.04 Å². The van der Waals surface area contributed by atoms with Crippen LogP contribution in [-0.2, 0) is 13.0 Å². The summed E-state index contributed by atoms with van der Waals surface area (Å²) in [6.07, 6.45) is 2.13. The zero-order valence-corrected chi connectivity index (χ0v) is 6.96. The molecule has 0 spiro atoms. The molecule has 0 aromatic heterocycles. The van der Waals surface area contributed by atoms with Crippen LogP contribution in [-0.4, -0.2) is 5.11 Å². The molecule has 0 unspecified atom stereocenters. The van der Waals surface area contributed by atoms with Crippen LogP contribution < -0.4 is 5.73 Å². The van der Waals surface area contributed by atoms with Crippen molar-refractivity contribution in [3.05, 3.63) is 34.9 Å². The first-order chi connectivity index (χ1) is 5.81. The maximum atomic E-state index is 8.91. The molecule has 1 aromatic carbocycles. The van der Waals surface area contributed by atoms with E-state index in [0.717, 1.165) is 18.4 Å². The van der Waals surface area contributed by atoms with E-state index in [1.54, 1.807) is 0 Å². The van der Waals surface area contributed by atoms with Crippen LogP contribution in [0.4, 0.5) is 0 Å². The highest BCUT2D eigenvalue weighted by Crippen LogP contribution is 2.29. The molecule has 0 radical (unpaired) electrons. The Labute approximate surface area is 72.0 Å². The number of nitrogens with two attached hydrogens (primary N) is 1. The molecule has 2 rings (SSSR count). The van der Waals surface area contributed by atoms with Gasteiger partial charge in [-0.3, -0.25) is 0 Å². The Hall–Kier alpha value is -0.860. The van der Waals surface area contributed by atoms with Crippen LogP contribution in [0.15, 0.2) is 18.2 Å². The molecule has 1 aliphatic carbocycles. The van der Waals surface area contributed by atoms with Crippen molar-refractivity contribution in [3.63, 3.8) is 0 Å². The van der Waals surface area contributed by atoms with Crippen LogP contribution in [0, 0.1) is 0 Å². The van der Waals surface area contributed by atoms with E-state index in [2.05, 4.69) is 6.07 Å². The van der Waals surface area contributed by atoms with Crippen LogP contribution in [0.1, 0.15) is 29.2 Å².